The van der Waals surface area contributed by atoms with Crippen LogP contribution in [0.5, 0.6) is 0 Å². The van der Waals surface area contributed by atoms with E-state index in [9.17, 15) is 19.1 Å². The number of pyridine rings is 2. The van der Waals surface area contributed by atoms with E-state index in [1.54, 1.807) is 6.07 Å². The molecule has 2 aliphatic heterocycles. The van der Waals surface area contributed by atoms with Crippen molar-refractivity contribution in [2.45, 2.75) is 25.0 Å². The highest BCUT2D eigenvalue weighted by atomic mass is 19.1. The minimum Gasteiger partial charge on any atom is -0.477 e. The second kappa shape index (κ2) is 6.46. The fourth-order valence-electron chi connectivity index (χ4n) is 5.08. The molecule has 4 heterocycles. The van der Waals surface area contributed by atoms with Gasteiger partial charge in [-0.2, -0.15) is 0 Å². The van der Waals surface area contributed by atoms with Gasteiger partial charge in [0.25, 0.3) is 0 Å². The van der Waals surface area contributed by atoms with E-state index in [1.165, 1.54) is 24.5 Å². The summed E-state index contributed by atoms with van der Waals surface area (Å²) in [5.41, 5.74) is 5.87. The zero-order valence-corrected chi connectivity index (χ0v) is 16.3. The number of fused-ring (bicyclic) bond motifs is 7. The third kappa shape index (κ3) is 2.63. The van der Waals surface area contributed by atoms with E-state index in [0.717, 1.165) is 40.0 Å². The molecule has 1 aromatic carbocycles. The molecule has 0 spiro atoms. The molecule has 6 rings (SSSR count). The van der Waals surface area contributed by atoms with Gasteiger partial charge in [0.1, 0.15) is 17.5 Å². The Morgan fingerprint density at radius 1 is 1.23 bits per heavy atom. The topological polar surface area (TPSA) is 81.4 Å². The first-order valence-corrected chi connectivity index (χ1v) is 10.1. The van der Waals surface area contributed by atoms with Crippen molar-refractivity contribution in [2.24, 2.45) is 0 Å². The number of hydrogen-bond donors (Lipinski definition) is 1. The standard InChI is InChI=1S/C24H17FN2O4/c25-14-2-4-18(26-10-14)12-1-3-15-13(7-12)8-16-20-9-21(28)17(24(29)30)11-27(20)19-5-6-31-23(19)22(15)16/h1-4,7,9-11,19,23H,5-6,8H2,(H,29,30)/t19-,23+/m1/s1. The van der Waals surface area contributed by atoms with Crippen molar-refractivity contribution in [3.05, 3.63) is 87.2 Å². The number of rotatable bonds is 2. The van der Waals surface area contributed by atoms with E-state index in [0.29, 0.717) is 18.7 Å². The number of hydrogen-bond acceptors (Lipinski definition) is 4. The van der Waals surface area contributed by atoms with Crippen LogP contribution < -0.4 is 5.43 Å². The van der Waals surface area contributed by atoms with Crippen LogP contribution in [-0.4, -0.2) is 33.3 Å². The summed E-state index contributed by atoms with van der Waals surface area (Å²) in [4.78, 5) is 28.2. The highest BCUT2D eigenvalue weighted by molar-refractivity contribution is 6.00. The van der Waals surface area contributed by atoms with Crippen LogP contribution in [-0.2, 0) is 11.2 Å². The number of nitrogens with zero attached hydrogens (tertiary/aromatic N) is 2. The number of carboxylic acids is 1. The highest BCUT2D eigenvalue weighted by Crippen LogP contribution is 2.50. The molecule has 7 heteroatoms. The van der Waals surface area contributed by atoms with Crippen molar-refractivity contribution >= 4 is 17.1 Å². The Bertz CT molecular complexity index is 1360. The van der Waals surface area contributed by atoms with Gasteiger partial charge in [0.05, 0.1) is 17.9 Å². The number of carbonyl (C=O) groups is 1. The number of aromatic nitrogens is 2. The van der Waals surface area contributed by atoms with E-state index in [1.807, 2.05) is 22.8 Å². The average molecular weight is 416 g/mol. The fourth-order valence-corrected chi connectivity index (χ4v) is 5.08. The Kier molecular flexibility index (Phi) is 3.79. The number of aromatic carboxylic acids is 1. The molecule has 31 heavy (non-hydrogen) atoms. The summed E-state index contributed by atoms with van der Waals surface area (Å²) in [6.07, 6.45) is 3.85. The molecule has 154 valence electrons. The lowest BCUT2D eigenvalue weighted by Gasteiger charge is -2.32. The number of ether oxygens (including phenoxy) is 1. The third-order valence-electron chi connectivity index (χ3n) is 6.43. The van der Waals surface area contributed by atoms with Gasteiger partial charge in [0.2, 0.25) is 0 Å². The maximum Gasteiger partial charge on any atom is 0.341 e. The molecule has 2 atom stereocenters. The normalized spacial score (nSPS) is 20.8. The van der Waals surface area contributed by atoms with Crippen LogP contribution in [0.1, 0.15) is 39.6 Å². The van der Waals surface area contributed by atoms with Crippen molar-refractivity contribution in [3.8, 4) is 11.3 Å². The lowest BCUT2D eigenvalue weighted by Crippen LogP contribution is -2.31. The Morgan fingerprint density at radius 3 is 2.87 bits per heavy atom. The van der Waals surface area contributed by atoms with E-state index in [2.05, 4.69) is 4.98 Å². The van der Waals surface area contributed by atoms with Gasteiger partial charge in [-0.05, 0) is 46.9 Å². The quantitative estimate of drug-likeness (QED) is 0.691. The fraction of sp³-hybridized carbons (Fsp3) is 0.208. The Labute approximate surface area is 176 Å². The third-order valence-corrected chi connectivity index (χ3v) is 6.43. The molecule has 0 bridgehead atoms. The molecule has 1 aliphatic carbocycles. The van der Waals surface area contributed by atoms with Crippen LogP contribution >= 0.6 is 0 Å². The average Bonchev–Trinajstić information content (AvgIpc) is 3.38. The Hall–Kier alpha value is -3.58. The first-order chi connectivity index (χ1) is 15.0. The van der Waals surface area contributed by atoms with Crippen LogP contribution in [0.4, 0.5) is 4.39 Å². The summed E-state index contributed by atoms with van der Waals surface area (Å²) in [5, 5.41) is 9.41. The molecule has 1 saturated heterocycles. The number of allylic oxidation sites excluding steroid dienone is 1. The molecular formula is C24H17FN2O4. The van der Waals surface area contributed by atoms with E-state index >= 15 is 0 Å². The summed E-state index contributed by atoms with van der Waals surface area (Å²) in [5.74, 6) is -1.60. The molecule has 0 unspecified atom stereocenters. The van der Waals surface area contributed by atoms with Crippen molar-refractivity contribution in [1.82, 2.24) is 9.55 Å². The minimum absolute atomic E-state index is 0.0446. The lowest BCUT2D eigenvalue weighted by molar-refractivity contribution is 0.0693. The van der Waals surface area contributed by atoms with Crippen LogP contribution in [0.15, 0.2) is 53.6 Å². The number of carboxylic acid groups (broad SMARTS) is 1. The predicted octanol–water partition coefficient (Wildman–Crippen LogP) is 3.56. The van der Waals surface area contributed by atoms with Crippen molar-refractivity contribution in [3.63, 3.8) is 0 Å². The minimum atomic E-state index is -1.22. The lowest BCUT2D eigenvalue weighted by atomic mass is 9.89. The summed E-state index contributed by atoms with van der Waals surface area (Å²) in [6.45, 7) is 0.576. The van der Waals surface area contributed by atoms with Crippen molar-refractivity contribution in [1.29, 1.82) is 0 Å². The van der Waals surface area contributed by atoms with E-state index in [-0.39, 0.29) is 23.5 Å². The van der Waals surface area contributed by atoms with Crippen LogP contribution in [0.2, 0.25) is 0 Å². The second-order valence-electron chi connectivity index (χ2n) is 8.10. The second-order valence-corrected chi connectivity index (χ2v) is 8.10. The van der Waals surface area contributed by atoms with Gasteiger partial charge >= 0.3 is 5.97 Å². The Balaban J connectivity index is 1.50. The van der Waals surface area contributed by atoms with Crippen molar-refractivity contribution < 1.29 is 19.0 Å². The molecule has 2 aromatic heterocycles. The maximum absolute atomic E-state index is 13.3. The van der Waals surface area contributed by atoms with Gasteiger partial charge in [-0.3, -0.25) is 9.78 Å². The van der Waals surface area contributed by atoms with Gasteiger partial charge in [-0.15, -0.1) is 0 Å². The van der Waals surface area contributed by atoms with E-state index in [4.69, 9.17) is 4.74 Å². The SMILES string of the molecule is O=C(O)c1cn2c(cc1=O)C1=C(c3ccc(-c4ccc(F)cn4)cc3C1)[C@H]1OCC[C@H]12. The van der Waals surface area contributed by atoms with Crippen LogP contribution in [0.3, 0.4) is 0 Å². The van der Waals surface area contributed by atoms with Crippen LogP contribution in [0, 0.1) is 5.82 Å². The first kappa shape index (κ1) is 18.2. The first-order valence-electron chi connectivity index (χ1n) is 10.1. The van der Waals surface area contributed by atoms with Gasteiger partial charge in [0.15, 0.2) is 5.43 Å². The zero-order chi connectivity index (χ0) is 21.3. The summed E-state index contributed by atoms with van der Waals surface area (Å²) in [6, 6.07) is 10.5. The molecule has 3 aromatic rings. The van der Waals surface area contributed by atoms with Gasteiger partial charge < -0.3 is 14.4 Å². The monoisotopic (exact) mass is 416 g/mol. The van der Waals surface area contributed by atoms with Crippen LogP contribution in [0.25, 0.3) is 22.4 Å². The summed E-state index contributed by atoms with van der Waals surface area (Å²) < 4.78 is 21.2. The molecule has 0 amide bonds. The maximum atomic E-state index is 13.3. The summed E-state index contributed by atoms with van der Waals surface area (Å²) in [7, 11) is 0. The molecule has 0 saturated carbocycles. The number of benzene rings is 1. The predicted molar refractivity (Wildman–Crippen MR) is 111 cm³/mol. The zero-order valence-electron chi connectivity index (χ0n) is 16.3. The van der Waals surface area contributed by atoms with Gasteiger partial charge in [-0.25, -0.2) is 9.18 Å². The molecule has 6 nitrogen and oxygen atoms in total. The molecule has 1 N–H and O–H groups in total. The summed E-state index contributed by atoms with van der Waals surface area (Å²) >= 11 is 0. The molecule has 0 radical (unpaired) electrons. The number of halogens is 1. The molecule has 1 fully saturated rings. The molecular weight excluding hydrogens is 399 g/mol. The van der Waals surface area contributed by atoms with Crippen molar-refractivity contribution in [2.75, 3.05) is 6.61 Å². The smallest absolute Gasteiger partial charge is 0.341 e. The van der Waals surface area contributed by atoms with E-state index < -0.39 is 11.4 Å². The van der Waals surface area contributed by atoms with Gasteiger partial charge in [0, 0.05) is 36.5 Å². The Morgan fingerprint density at radius 2 is 2.10 bits per heavy atom. The largest absolute Gasteiger partial charge is 0.477 e. The molecule has 3 aliphatic rings. The highest BCUT2D eigenvalue weighted by Gasteiger charge is 2.43. The van der Waals surface area contributed by atoms with Gasteiger partial charge in [-0.1, -0.05) is 12.1 Å².